The van der Waals surface area contributed by atoms with Gasteiger partial charge in [0.15, 0.2) is 0 Å². The first-order valence-electron chi connectivity index (χ1n) is 4.47. The Bertz CT molecular complexity index is 125. The van der Waals surface area contributed by atoms with E-state index in [1.54, 1.807) is 0 Å². The van der Waals surface area contributed by atoms with E-state index in [1.165, 1.54) is 12.8 Å². The molecule has 1 N–H and O–H groups in total. The van der Waals surface area contributed by atoms with Gasteiger partial charge in [-0.3, -0.25) is 0 Å². The molecule has 1 nitrogen and oxygen atoms in total. The lowest BCUT2D eigenvalue weighted by molar-refractivity contribution is 0.389. The Kier molecular flexibility index (Phi) is 4.24. The minimum atomic E-state index is 0.224. The Hall–Kier alpha value is -0.460. The molecule has 0 heterocycles. The molecule has 0 aliphatic heterocycles. The van der Waals surface area contributed by atoms with Gasteiger partial charge in [-0.15, -0.1) is 0 Å². The standard InChI is InChI=1S/C10H21N/c1-6-8-10(4,5)11-9(3)7-2/h11H,3,6-8H2,1-2,4-5H3. The maximum Gasteiger partial charge on any atom is 0.0314 e. The highest BCUT2D eigenvalue weighted by Gasteiger charge is 2.14. The molecule has 0 amide bonds. The monoisotopic (exact) mass is 155 g/mol. The number of hydrogen-bond donors (Lipinski definition) is 1. The summed E-state index contributed by atoms with van der Waals surface area (Å²) in [6.07, 6.45) is 3.44. The number of nitrogens with one attached hydrogen (secondary N) is 1. The number of rotatable bonds is 5. The van der Waals surface area contributed by atoms with Crippen LogP contribution >= 0.6 is 0 Å². The predicted octanol–water partition coefficient (Wildman–Crippen LogP) is 3.08. The van der Waals surface area contributed by atoms with Gasteiger partial charge >= 0.3 is 0 Å². The minimum absolute atomic E-state index is 0.224. The second kappa shape index (κ2) is 4.42. The van der Waals surface area contributed by atoms with E-state index in [-0.39, 0.29) is 5.54 Å². The maximum absolute atomic E-state index is 3.93. The van der Waals surface area contributed by atoms with Crippen LogP contribution in [0.15, 0.2) is 12.3 Å². The van der Waals surface area contributed by atoms with Crippen molar-refractivity contribution in [1.82, 2.24) is 5.32 Å². The minimum Gasteiger partial charge on any atom is -0.384 e. The lowest BCUT2D eigenvalue weighted by Gasteiger charge is -2.27. The largest absolute Gasteiger partial charge is 0.384 e. The van der Waals surface area contributed by atoms with Crippen molar-refractivity contribution in [2.24, 2.45) is 0 Å². The predicted molar refractivity (Wildman–Crippen MR) is 51.6 cm³/mol. The van der Waals surface area contributed by atoms with Gasteiger partial charge in [0.1, 0.15) is 0 Å². The topological polar surface area (TPSA) is 12.0 Å². The summed E-state index contributed by atoms with van der Waals surface area (Å²) in [5, 5.41) is 3.41. The Labute approximate surface area is 70.9 Å². The van der Waals surface area contributed by atoms with E-state index in [9.17, 15) is 0 Å². The highest BCUT2D eigenvalue weighted by Crippen LogP contribution is 2.12. The van der Waals surface area contributed by atoms with Crippen molar-refractivity contribution in [1.29, 1.82) is 0 Å². The third-order valence-corrected chi connectivity index (χ3v) is 1.82. The van der Waals surface area contributed by atoms with Crippen molar-refractivity contribution in [3.8, 4) is 0 Å². The molecule has 0 aliphatic rings. The molecule has 0 aromatic rings. The van der Waals surface area contributed by atoms with E-state index in [1.807, 2.05) is 0 Å². The van der Waals surface area contributed by atoms with Gasteiger partial charge in [0, 0.05) is 11.2 Å². The van der Waals surface area contributed by atoms with Crippen molar-refractivity contribution in [3.63, 3.8) is 0 Å². The molecule has 0 spiro atoms. The lowest BCUT2D eigenvalue weighted by atomic mass is 9.98. The van der Waals surface area contributed by atoms with E-state index in [0.717, 1.165) is 12.1 Å². The smallest absolute Gasteiger partial charge is 0.0314 e. The van der Waals surface area contributed by atoms with Gasteiger partial charge in [-0.05, 0) is 26.7 Å². The Morgan fingerprint density at radius 3 is 2.27 bits per heavy atom. The Balaban J connectivity index is 3.80. The normalized spacial score (nSPS) is 11.3. The molecule has 1 heteroatoms. The molecular weight excluding hydrogens is 134 g/mol. The second-order valence-corrected chi connectivity index (χ2v) is 3.72. The van der Waals surface area contributed by atoms with Gasteiger partial charge in [0.05, 0.1) is 0 Å². The molecule has 0 aromatic heterocycles. The van der Waals surface area contributed by atoms with Gasteiger partial charge < -0.3 is 5.32 Å². The van der Waals surface area contributed by atoms with Crippen LogP contribution in [-0.2, 0) is 0 Å². The third-order valence-electron chi connectivity index (χ3n) is 1.82. The van der Waals surface area contributed by atoms with Gasteiger partial charge in [-0.2, -0.15) is 0 Å². The molecule has 0 bridgehead atoms. The summed E-state index contributed by atoms with van der Waals surface area (Å²) in [5.41, 5.74) is 1.37. The molecule has 0 saturated heterocycles. The quantitative estimate of drug-likeness (QED) is 0.643. The molecule has 0 aliphatic carbocycles. The molecule has 0 rings (SSSR count). The van der Waals surface area contributed by atoms with Gasteiger partial charge in [-0.25, -0.2) is 0 Å². The first-order valence-corrected chi connectivity index (χ1v) is 4.47. The van der Waals surface area contributed by atoms with Crippen LogP contribution in [0.4, 0.5) is 0 Å². The SMILES string of the molecule is C=C(CC)NC(C)(C)CCC. The molecule has 0 unspecified atom stereocenters. The van der Waals surface area contributed by atoms with Crippen molar-refractivity contribution >= 4 is 0 Å². The van der Waals surface area contributed by atoms with Crippen molar-refractivity contribution < 1.29 is 0 Å². The van der Waals surface area contributed by atoms with Crippen LogP contribution in [-0.4, -0.2) is 5.54 Å². The number of hydrogen-bond acceptors (Lipinski definition) is 1. The van der Waals surface area contributed by atoms with Crippen LogP contribution in [0.25, 0.3) is 0 Å². The van der Waals surface area contributed by atoms with Crippen molar-refractivity contribution in [2.45, 2.75) is 52.5 Å². The molecule has 66 valence electrons. The fourth-order valence-electron chi connectivity index (χ4n) is 1.25. The fourth-order valence-corrected chi connectivity index (χ4v) is 1.25. The summed E-state index contributed by atoms with van der Waals surface area (Å²) >= 11 is 0. The summed E-state index contributed by atoms with van der Waals surface area (Å²) in [6, 6.07) is 0. The first-order chi connectivity index (χ1) is 5.02. The van der Waals surface area contributed by atoms with Crippen LogP contribution in [0.3, 0.4) is 0 Å². The maximum atomic E-state index is 3.93. The van der Waals surface area contributed by atoms with Crippen LogP contribution < -0.4 is 5.32 Å². The van der Waals surface area contributed by atoms with E-state index >= 15 is 0 Å². The zero-order valence-corrected chi connectivity index (χ0v) is 8.33. The van der Waals surface area contributed by atoms with Gasteiger partial charge in [-0.1, -0.05) is 26.8 Å². The summed E-state index contributed by atoms with van der Waals surface area (Å²) in [5.74, 6) is 0. The van der Waals surface area contributed by atoms with Crippen LogP contribution in [0.1, 0.15) is 47.0 Å². The fraction of sp³-hybridized carbons (Fsp3) is 0.800. The summed E-state index contributed by atoms with van der Waals surface area (Å²) in [4.78, 5) is 0. The Morgan fingerprint density at radius 1 is 1.36 bits per heavy atom. The number of allylic oxidation sites excluding steroid dienone is 1. The second-order valence-electron chi connectivity index (χ2n) is 3.72. The molecule has 0 saturated carbocycles. The molecule has 0 radical (unpaired) electrons. The van der Waals surface area contributed by atoms with E-state index in [2.05, 4.69) is 39.6 Å². The first kappa shape index (κ1) is 10.5. The van der Waals surface area contributed by atoms with Gasteiger partial charge in [0.2, 0.25) is 0 Å². The summed E-state index contributed by atoms with van der Waals surface area (Å²) < 4.78 is 0. The van der Waals surface area contributed by atoms with Gasteiger partial charge in [0.25, 0.3) is 0 Å². The van der Waals surface area contributed by atoms with E-state index in [0.29, 0.717) is 0 Å². The van der Waals surface area contributed by atoms with E-state index < -0.39 is 0 Å². The zero-order valence-electron chi connectivity index (χ0n) is 8.33. The molecule has 0 atom stereocenters. The molecule has 0 fully saturated rings. The van der Waals surface area contributed by atoms with Crippen LogP contribution in [0, 0.1) is 0 Å². The Morgan fingerprint density at radius 2 is 1.91 bits per heavy atom. The van der Waals surface area contributed by atoms with Crippen molar-refractivity contribution in [3.05, 3.63) is 12.3 Å². The lowest BCUT2D eigenvalue weighted by Crippen LogP contribution is -2.37. The third kappa shape index (κ3) is 4.88. The van der Waals surface area contributed by atoms with Crippen LogP contribution in [0.2, 0.25) is 0 Å². The van der Waals surface area contributed by atoms with E-state index in [4.69, 9.17) is 0 Å². The average molecular weight is 155 g/mol. The summed E-state index contributed by atoms with van der Waals surface area (Å²) in [7, 11) is 0. The molecule has 11 heavy (non-hydrogen) atoms. The summed E-state index contributed by atoms with van der Waals surface area (Å²) in [6.45, 7) is 12.7. The highest BCUT2D eigenvalue weighted by atomic mass is 15.0. The van der Waals surface area contributed by atoms with Crippen LogP contribution in [0.5, 0.6) is 0 Å². The molecule has 0 aromatic carbocycles. The van der Waals surface area contributed by atoms with Crippen molar-refractivity contribution in [2.75, 3.05) is 0 Å². The zero-order chi connectivity index (χ0) is 8.91. The highest BCUT2D eigenvalue weighted by molar-refractivity contribution is 4.96. The average Bonchev–Trinajstić information content (AvgIpc) is 1.86. The molecular formula is C10H21N.